The molecule has 0 amide bonds. The zero-order valence-electron chi connectivity index (χ0n) is 9.46. The summed E-state index contributed by atoms with van der Waals surface area (Å²) in [5, 5.41) is 0. The van der Waals surface area contributed by atoms with Gasteiger partial charge in [0, 0.05) is 12.3 Å². The molecule has 0 N–H and O–H groups in total. The van der Waals surface area contributed by atoms with Gasteiger partial charge in [0.2, 0.25) is 0 Å². The monoisotopic (exact) mass is 236 g/mol. The Morgan fingerprint density at radius 1 is 1.18 bits per heavy atom. The van der Waals surface area contributed by atoms with Crippen LogP contribution in [0.3, 0.4) is 0 Å². The lowest BCUT2D eigenvalue weighted by Crippen LogP contribution is -2.16. The molecule has 1 nitrogen and oxygen atoms in total. The van der Waals surface area contributed by atoms with E-state index >= 15 is 0 Å². The molecule has 0 aliphatic heterocycles. The van der Waals surface area contributed by atoms with Gasteiger partial charge in [0.25, 0.3) is 0 Å². The number of rotatable bonds is 3. The number of carbonyl (C=O) groups excluding carboxylic acids is 1. The molecule has 0 spiro atoms. The van der Waals surface area contributed by atoms with Crippen molar-refractivity contribution in [3.63, 3.8) is 0 Å². The molecule has 2 unspecified atom stereocenters. The Balaban J connectivity index is 1.69. The van der Waals surface area contributed by atoms with Gasteiger partial charge in [-0.25, -0.2) is 8.78 Å². The Bertz CT molecular complexity index is 459. The Labute approximate surface area is 98.8 Å². The topological polar surface area (TPSA) is 17.1 Å². The number of benzene rings is 1. The first kappa shape index (κ1) is 10.9. The van der Waals surface area contributed by atoms with Crippen LogP contribution in [-0.4, -0.2) is 5.78 Å². The zero-order valence-corrected chi connectivity index (χ0v) is 9.46. The lowest BCUT2D eigenvalue weighted by molar-refractivity contribution is -0.122. The van der Waals surface area contributed by atoms with Crippen LogP contribution < -0.4 is 0 Å². The summed E-state index contributed by atoms with van der Waals surface area (Å²) in [7, 11) is 0. The Morgan fingerprint density at radius 2 is 1.88 bits per heavy atom. The second kappa shape index (κ2) is 3.90. The van der Waals surface area contributed by atoms with Gasteiger partial charge >= 0.3 is 0 Å². The molecule has 2 fully saturated rings. The number of hydrogen-bond donors (Lipinski definition) is 0. The summed E-state index contributed by atoms with van der Waals surface area (Å²) < 4.78 is 26.3. The van der Waals surface area contributed by atoms with Gasteiger partial charge in [0.15, 0.2) is 0 Å². The first-order valence-electron chi connectivity index (χ1n) is 6.10. The smallest absolute Gasteiger partial charge is 0.140 e. The molecule has 3 rings (SSSR count). The van der Waals surface area contributed by atoms with Gasteiger partial charge < -0.3 is 0 Å². The molecule has 0 saturated heterocycles. The van der Waals surface area contributed by atoms with Crippen molar-refractivity contribution in [1.29, 1.82) is 0 Å². The van der Waals surface area contributed by atoms with Crippen molar-refractivity contribution in [2.45, 2.75) is 25.7 Å². The molecule has 0 heterocycles. The SMILES string of the molecule is O=C(Cc1cc(F)ccc1F)C1CC2CC2C1. The van der Waals surface area contributed by atoms with Crippen molar-refractivity contribution in [2.75, 3.05) is 0 Å². The third kappa shape index (κ3) is 2.11. The molecule has 2 saturated carbocycles. The van der Waals surface area contributed by atoms with Gasteiger partial charge in [-0.3, -0.25) is 4.79 Å². The fraction of sp³-hybridized carbons (Fsp3) is 0.500. The molecule has 90 valence electrons. The van der Waals surface area contributed by atoms with E-state index in [1.54, 1.807) is 0 Å². The van der Waals surface area contributed by atoms with Gasteiger partial charge in [-0.2, -0.15) is 0 Å². The van der Waals surface area contributed by atoms with Crippen LogP contribution in [0.1, 0.15) is 24.8 Å². The van der Waals surface area contributed by atoms with Crippen LogP contribution in [-0.2, 0) is 11.2 Å². The van der Waals surface area contributed by atoms with Crippen molar-refractivity contribution in [2.24, 2.45) is 17.8 Å². The predicted molar refractivity (Wildman–Crippen MR) is 59.4 cm³/mol. The minimum atomic E-state index is -0.483. The summed E-state index contributed by atoms with van der Waals surface area (Å²) >= 11 is 0. The Morgan fingerprint density at radius 3 is 2.59 bits per heavy atom. The molecule has 0 radical (unpaired) electrons. The van der Waals surface area contributed by atoms with E-state index in [1.165, 1.54) is 6.42 Å². The van der Waals surface area contributed by atoms with Crippen LogP contribution in [0.5, 0.6) is 0 Å². The van der Waals surface area contributed by atoms with E-state index in [-0.39, 0.29) is 23.7 Å². The third-order valence-electron chi connectivity index (χ3n) is 4.07. The zero-order chi connectivity index (χ0) is 12.0. The molecule has 1 aromatic carbocycles. The molecule has 2 aliphatic carbocycles. The third-order valence-corrected chi connectivity index (χ3v) is 4.07. The maximum Gasteiger partial charge on any atom is 0.140 e. The van der Waals surface area contributed by atoms with E-state index in [0.29, 0.717) is 0 Å². The van der Waals surface area contributed by atoms with Crippen LogP contribution in [0.4, 0.5) is 8.78 Å². The van der Waals surface area contributed by atoms with Crippen LogP contribution in [0.2, 0.25) is 0 Å². The predicted octanol–water partition coefficient (Wildman–Crippen LogP) is 3.12. The lowest BCUT2D eigenvalue weighted by atomic mass is 9.93. The number of halogens is 2. The molecular weight excluding hydrogens is 222 g/mol. The average molecular weight is 236 g/mol. The quantitative estimate of drug-likeness (QED) is 0.788. The van der Waals surface area contributed by atoms with Crippen molar-refractivity contribution < 1.29 is 13.6 Å². The fourth-order valence-corrected chi connectivity index (χ4v) is 2.99. The maximum absolute atomic E-state index is 13.4. The summed E-state index contributed by atoms with van der Waals surface area (Å²) in [5.41, 5.74) is 0.190. The first-order chi connectivity index (χ1) is 8.13. The normalized spacial score (nSPS) is 30.1. The van der Waals surface area contributed by atoms with Crippen molar-refractivity contribution in [3.8, 4) is 0 Å². The van der Waals surface area contributed by atoms with E-state index in [4.69, 9.17) is 0 Å². The summed E-state index contributed by atoms with van der Waals surface area (Å²) in [5.74, 6) is 0.664. The highest BCUT2D eigenvalue weighted by Crippen LogP contribution is 2.54. The minimum absolute atomic E-state index is 0.0354. The number of hydrogen-bond acceptors (Lipinski definition) is 1. The van der Waals surface area contributed by atoms with Crippen molar-refractivity contribution >= 4 is 5.78 Å². The highest BCUT2D eigenvalue weighted by molar-refractivity contribution is 5.83. The Kier molecular flexibility index (Phi) is 2.49. The summed E-state index contributed by atoms with van der Waals surface area (Å²) in [6.07, 6.45) is 3.21. The second-order valence-corrected chi connectivity index (χ2v) is 5.30. The molecule has 2 atom stereocenters. The molecule has 1 aromatic rings. The van der Waals surface area contributed by atoms with E-state index in [2.05, 4.69) is 0 Å². The molecule has 2 aliphatic rings. The fourth-order valence-electron chi connectivity index (χ4n) is 2.99. The van der Waals surface area contributed by atoms with E-state index in [0.717, 1.165) is 42.9 Å². The van der Waals surface area contributed by atoms with Crippen LogP contribution in [0.25, 0.3) is 0 Å². The number of carbonyl (C=O) groups is 1. The van der Waals surface area contributed by atoms with Crippen molar-refractivity contribution in [1.82, 2.24) is 0 Å². The molecule has 3 heteroatoms. The number of Topliss-reactive ketones (excluding diaryl/α,β-unsaturated/α-hetero) is 1. The summed E-state index contributed by atoms with van der Waals surface area (Å²) in [6, 6.07) is 3.29. The average Bonchev–Trinajstić information content (AvgIpc) is 2.91. The highest BCUT2D eigenvalue weighted by Gasteiger charge is 2.47. The standard InChI is InChI=1S/C14H14F2O/c15-12-1-2-13(16)10(6-12)7-14(17)11-4-8-3-9(8)5-11/h1-2,6,8-9,11H,3-5,7H2. The lowest BCUT2D eigenvalue weighted by Gasteiger charge is -2.10. The van der Waals surface area contributed by atoms with Crippen LogP contribution >= 0.6 is 0 Å². The van der Waals surface area contributed by atoms with Gasteiger partial charge in [0.1, 0.15) is 17.4 Å². The van der Waals surface area contributed by atoms with E-state index in [1.807, 2.05) is 0 Å². The van der Waals surface area contributed by atoms with Gasteiger partial charge in [-0.1, -0.05) is 0 Å². The molecular formula is C14H14F2O. The van der Waals surface area contributed by atoms with Gasteiger partial charge in [0.05, 0.1) is 0 Å². The first-order valence-corrected chi connectivity index (χ1v) is 6.10. The number of fused-ring (bicyclic) bond motifs is 1. The maximum atomic E-state index is 13.4. The number of ketones is 1. The van der Waals surface area contributed by atoms with Gasteiger partial charge in [-0.05, 0) is 54.9 Å². The van der Waals surface area contributed by atoms with E-state index < -0.39 is 11.6 Å². The van der Waals surface area contributed by atoms with Gasteiger partial charge in [-0.15, -0.1) is 0 Å². The molecule has 0 aromatic heterocycles. The molecule has 17 heavy (non-hydrogen) atoms. The van der Waals surface area contributed by atoms with E-state index in [9.17, 15) is 13.6 Å². The van der Waals surface area contributed by atoms with Crippen LogP contribution in [0.15, 0.2) is 18.2 Å². The minimum Gasteiger partial charge on any atom is -0.299 e. The summed E-state index contributed by atoms with van der Waals surface area (Å²) in [4.78, 5) is 12.0. The second-order valence-electron chi connectivity index (χ2n) is 5.30. The van der Waals surface area contributed by atoms with Crippen LogP contribution in [0, 0.1) is 29.4 Å². The molecule has 0 bridgehead atoms. The summed E-state index contributed by atoms with van der Waals surface area (Å²) in [6.45, 7) is 0. The van der Waals surface area contributed by atoms with Crippen molar-refractivity contribution in [3.05, 3.63) is 35.4 Å². The largest absolute Gasteiger partial charge is 0.299 e. The highest BCUT2D eigenvalue weighted by atomic mass is 19.1. The Hall–Kier alpha value is -1.25.